The van der Waals surface area contributed by atoms with Crippen molar-refractivity contribution >= 4 is 0 Å². The second-order valence-corrected chi connectivity index (χ2v) is 6.90. The molecule has 2 rings (SSSR count). The summed E-state index contributed by atoms with van der Waals surface area (Å²) in [6.07, 6.45) is 5.24. The molecule has 0 radical (unpaired) electrons. The number of hydrogen-bond acceptors (Lipinski definition) is 2. The Morgan fingerprint density at radius 3 is 2.35 bits per heavy atom. The van der Waals surface area contributed by atoms with Gasteiger partial charge in [0.25, 0.3) is 0 Å². The maximum atomic E-state index is 6.38. The largest absolute Gasteiger partial charge is 0.326 e. The van der Waals surface area contributed by atoms with Crippen molar-refractivity contribution in [3.8, 4) is 0 Å². The zero-order valence-corrected chi connectivity index (χ0v) is 12.0. The Morgan fingerprint density at radius 1 is 0.941 bits per heavy atom. The molecule has 2 aliphatic rings. The molecule has 0 spiro atoms. The summed E-state index contributed by atoms with van der Waals surface area (Å²) < 4.78 is 0. The van der Waals surface area contributed by atoms with Crippen molar-refractivity contribution in [3.05, 3.63) is 0 Å². The SMILES string of the molecule is CC1CCC(N)C(N2CC(C)CC(C)C2C)C1. The lowest BCUT2D eigenvalue weighted by atomic mass is 9.78. The van der Waals surface area contributed by atoms with Gasteiger partial charge < -0.3 is 5.73 Å². The maximum Gasteiger partial charge on any atom is 0.0252 e. The molecule has 2 N–H and O–H groups in total. The van der Waals surface area contributed by atoms with Crippen molar-refractivity contribution in [1.29, 1.82) is 0 Å². The lowest BCUT2D eigenvalue weighted by molar-refractivity contribution is 0.00947. The van der Waals surface area contributed by atoms with E-state index in [1.807, 2.05) is 0 Å². The van der Waals surface area contributed by atoms with Gasteiger partial charge in [-0.25, -0.2) is 0 Å². The molecule has 1 heterocycles. The topological polar surface area (TPSA) is 29.3 Å². The Balaban J connectivity index is 2.08. The van der Waals surface area contributed by atoms with Gasteiger partial charge in [-0.15, -0.1) is 0 Å². The molecule has 2 heteroatoms. The summed E-state index contributed by atoms with van der Waals surface area (Å²) in [7, 11) is 0. The minimum absolute atomic E-state index is 0.408. The molecule has 0 amide bonds. The minimum Gasteiger partial charge on any atom is -0.326 e. The highest BCUT2D eigenvalue weighted by molar-refractivity contribution is 4.94. The van der Waals surface area contributed by atoms with Gasteiger partial charge in [0.2, 0.25) is 0 Å². The van der Waals surface area contributed by atoms with Crippen LogP contribution in [-0.2, 0) is 0 Å². The van der Waals surface area contributed by atoms with E-state index in [1.165, 1.54) is 32.2 Å². The summed E-state index contributed by atoms with van der Waals surface area (Å²) in [6, 6.07) is 1.76. The molecule has 0 aromatic carbocycles. The highest BCUT2D eigenvalue weighted by Gasteiger charge is 2.37. The molecule has 0 aromatic heterocycles. The summed E-state index contributed by atoms with van der Waals surface area (Å²) in [4.78, 5) is 2.74. The van der Waals surface area contributed by atoms with E-state index in [0.29, 0.717) is 18.1 Å². The van der Waals surface area contributed by atoms with Crippen molar-refractivity contribution in [2.75, 3.05) is 6.54 Å². The molecule has 100 valence electrons. The molecule has 2 fully saturated rings. The molecule has 6 atom stereocenters. The van der Waals surface area contributed by atoms with Crippen LogP contribution in [0.15, 0.2) is 0 Å². The smallest absolute Gasteiger partial charge is 0.0252 e. The Kier molecular flexibility index (Phi) is 4.14. The molecular formula is C15H30N2. The highest BCUT2D eigenvalue weighted by Crippen LogP contribution is 2.34. The molecule has 1 aliphatic carbocycles. The number of hydrogen-bond donors (Lipinski definition) is 1. The molecule has 1 saturated carbocycles. The van der Waals surface area contributed by atoms with Crippen LogP contribution in [0.2, 0.25) is 0 Å². The lowest BCUT2D eigenvalue weighted by Gasteiger charge is -2.49. The molecule has 0 bridgehead atoms. The first kappa shape index (κ1) is 13.4. The quantitative estimate of drug-likeness (QED) is 0.761. The first-order valence-corrected chi connectivity index (χ1v) is 7.50. The van der Waals surface area contributed by atoms with Crippen molar-refractivity contribution < 1.29 is 0 Å². The van der Waals surface area contributed by atoms with Crippen LogP contribution in [-0.4, -0.2) is 29.6 Å². The summed E-state index contributed by atoms with van der Waals surface area (Å²) in [5.74, 6) is 2.52. The van der Waals surface area contributed by atoms with E-state index in [-0.39, 0.29) is 0 Å². The summed E-state index contributed by atoms with van der Waals surface area (Å²) in [5, 5.41) is 0. The molecule has 6 unspecified atom stereocenters. The first-order valence-electron chi connectivity index (χ1n) is 7.50. The van der Waals surface area contributed by atoms with Crippen LogP contribution in [0.25, 0.3) is 0 Å². The molecule has 1 saturated heterocycles. The average molecular weight is 238 g/mol. The van der Waals surface area contributed by atoms with Gasteiger partial charge in [-0.05, 0) is 50.4 Å². The lowest BCUT2D eigenvalue weighted by Crippen LogP contribution is -2.58. The van der Waals surface area contributed by atoms with E-state index in [9.17, 15) is 0 Å². The van der Waals surface area contributed by atoms with Gasteiger partial charge in [0, 0.05) is 24.7 Å². The summed E-state index contributed by atoms with van der Waals surface area (Å²) >= 11 is 0. The number of nitrogens with two attached hydrogens (primary N) is 1. The van der Waals surface area contributed by atoms with E-state index in [1.54, 1.807) is 0 Å². The van der Waals surface area contributed by atoms with Crippen LogP contribution in [0.1, 0.15) is 53.4 Å². The number of rotatable bonds is 1. The van der Waals surface area contributed by atoms with Gasteiger partial charge in [0.15, 0.2) is 0 Å². The Bertz CT molecular complexity index is 253. The average Bonchev–Trinajstić information content (AvgIpc) is 2.27. The molecule has 1 aliphatic heterocycles. The van der Waals surface area contributed by atoms with E-state index < -0.39 is 0 Å². The number of piperidine rings is 1. The van der Waals surface area contributed by atoms with Gasteiger partial charge in [-0.3, -0.25) is 4.90 Å². The Hall–Kier alpha value is -0.0800. The van der Waals surface area contributed by atoms with E-state index in [0.717, 1.165) is 17.8 Å². The minimum atomic E-state index is 0.408. The second kappa shape index (κ2) is 5.27. The van der Waals surface area contributed by atoms with Crippen LogP contribution >= 0.6 is 0 Å². The predicted octanol–water partition coefficient (Wildman–Crippen LogP) is 2.87. The van der Waals surface area contributed by atoms with E-state index in [2.05, 4.69) is 32.6 Å². The third-order valence-electron chi connectivity index (χ3n) is 5.20. The predicted molar refractivity (Wildman–Crippen MR) is 73.9 cm³/mol. The van der Waals surface area contributed by atoms with Gasteiger partial charge in [0.05, 0.1) is 0 Å². The van der Waals surface area contributed by atoms with Crippen LogP contribution in [0.5, 0.6) is 0 Å². The summed E-state index contributed by atoms with van der Waals surface area (Å²) in [6.45, 7) is 10.9. The normalized spacial score (nSPS) is 49.2. The zero-order valence-electron chi connectivity index (χ0n) is 12.0. The van der Waals surface area contributed by atoms with Crippen molar-refractivity contribution in [1.82, 2.24) is 4.90 Å². The van der Waals surface area contributed by atoms with Gasteiger partial charge in [-0.1, -0.05) is 20.8 Å². The van der Waals surface area contributed by atoms with E-state index >= 15 is 0 Å². The zero-order chi connectivity index (χ0) is 12.6. The third kappa shape index (κ3) is 2.85. The van der Waals surface area contributed by atoms with Crippen LogP contribution in [0.3, 0.4) is 0 Å². The van der Waals surface area contributed by atoms with Crippen LogP contribution < -0.4 is 5.73 Å². The fourth-order valence-corrected chi connectivity index (χ4v) is 3.95. The number of nitrogens with zero attached hydrogens (tertiary/aromatic N) is 1. The standard InChI is InChI=1S/C15H30N2/c1-10-5-6-14(16)15(8-10)17-9-11(2)7-12(3)13(17)4/h10-15H,5-9,16H2,1-4H3. The number of likely N-dealkylation sites (tertiary alicyclic amines) is 1. The van der Waals surface area contributed by atoms with Gasteiger partial charge >= 0.3 is 0 Å². The van der Waals surface area contributed by atoms with Gasteiger partial charge in [0.1, 0.15) is 0 Å². The maximum absolute atomic E-state index is 6.38. The van der Waals surface area contributed by atoms with Crippen LogP contribution in [0.4, 0.5) is 0 Å². The Morgan fingerprint density at radius 2 is 1.65 bits per heavy atom. The first-order chi connectivity index (χ1) is 7.99. The summed E-state index contributed by atoms with van der Waals surface area (Å²) in [5.41, 5.74) is 6.38. The van der Waals surface area contributed by atoms with Crippen LogP contribution in [0, 0.1) is 17.8 Å². The molecule has 0 aromatic rings. The van der Waals surface area contributed by atoms with Crippen molar-refractivity contribution in [2.24, 2.45) is 23.5 Å². The van der Waals surface area contributed by atoms with Crippen molar-refractivity contribution in [2.45, 2.75) is 71.5 Å². The Labute approximate surface area is 107 Å². The third-order valence-corrected chi connectivity index (χ3v) is 5.20. The van der Waals surface area contributed by atoms with Gasteiger partial charge in [-0.2, -0.15) is 0 Å². The molecule has 17 heavy (non-hydrogen) atoms. The molecular weight excluding hydrogens is 208 g/mol. The monoisotopic (exact) mass is 238 g/mol. The second-order valence-electron chi connectivity index (χ2n) is 6.90. The fourth-order valence-electron chi connectivity index (χ4n) is 3.95. The molecule has 2 nitrogen and oxygen atoms in total. The highest BCUT2D eigenvalue weighted by atomic mass is 15.2. The van der Waals surface area contributed by atoms with Crippen molar-refractivity contribution in [3.63, 3.8) is 0 Å². The van der Waals surface area contributed by atoms with E-state index in [4.69, 9.17) is 5.73 Å². The fraction of sp³-hybridized carbons (Fsp3) is 1.00.